The maximum atomic E-state index is 11.9. The fourth-order valence-corrected chi connectivity index (χ4v) is 2.25. The second kappa shape index (κ2) is 9.25. The molecule has 4 nitrogen and oxygen atoms in total. The predicted molar refractivity (Wildman–Crippen MR) is 101 cm³/mol. The van der Waals surface area contributed by atoms with E-state index in [0.29, 0.717) is 27.9 Å². The number of hydrogen-bond donors (Lipinski definition) is 1. The minimum atomic E-state index is -0.376. The largest absolute Gasteiger partial charge is 0.462 e. The molecular weight excluding hydrogens is 361 g/mol. The van der Waals surface area contributed by atoms with Gasteiger partial charge in [0.1, 0.15) is 0 Å². The van der Waals surface area contributed by atoms with Crippen molar-refractivity contribution in [1.29, 1.82) is 0 Å². The molecule has 0 radical (unpaired) electrons. The van der Waals surface area contributed by atoms with Crippen molar-refractivity contribution in [3.05, 3.63) is 69.7 Å². The molecule has 0 aliphatic carbocycles. The molecule has 0 fully saturated rings. The lowest BCUT2D eigenvalue weighted by molar-refractivity contribution is -0.111. The highest BCUT2D eigenvalue weighted by atomic mass is 35.5. The van der Waals surface area contributed by atoms with Crippen LogP contribution in [0.15, 0.2) is 48.5 Å². The molecule has 25 heavy (non-hydrogen) atoms. The monoisotopic (exact) mass is 377 g/mol. The van der Waals surface area contributed by atoms with Crippen molar-refractivity contribution in [1.82, 2.24) is 0 Å². The maximum Gasteiger partial charge on any atom is 0.338 e. The van der Waals surface area contributed by atoms with E-state index < -0.39 is 0 Å². The minimum absolute atomic E-state index is 0.299. The van der Waals surface area contributed by atoms with Crippen LogP contribution in [-0.4, -0.2) is 18.5 Å². The first-order valence-electron chi connectivity index (χ1n) is 7.71. The van der Waals surface area contributed by atoms with Gasteiger partial charge < -0.3 is 10.1 Å². The van der Waals surface area contributed by atoms with Gasteiger partial charge in [-0.2, -0.15) is 0 Å². The Morgan fingerprint density at radius 1 is 1.08 bits per heavy atom. The third-order valence-electron chi connectivity index (χ3n) is 3.20. The van der Waals surface area contributed by atoms with Gasteiger partial charge in [-0.05, 0) is 54.5 Å². The molecule has 0 bridgehead atoms. The summed E-state index contributed by atoms with van der Waals surface area (Å²) in [6.07, 6.45) is 3.79. The van der Waals surface area contributed by atoms with Gasteiger partial charge >= 0.3 is 5.97 Å². The summed E-state index contributed by atoms with van der Waals surface area (Å²) in [5.74, 6) is -0.674. The number of hydrogen-bond acceptors (Lipinski definition) is 3. The molecule has 0 saturated heterocycles. The lowest BCUT2D eigenvalue weighted by Gasteiger charge is -2.05. The Kier molecular flexibility index (Phi) is 7.04. The molecule has 0 spiro atoms. The van der Waals surface area contributed by atoms with E-state index in [-0.39, 0.29) is 11.9 Å². The van der Waals surface area contributed by atoms with Gasteiger partial charge in [0.15, 0.2) is 0 Å². The summed E-state index contributed by atoms with van der Waals surface area (Å²) in [5.41, 5.74) is 1.78. The summed E-state index contributed by atoms with van der Waals surface area (Å²) in [6.45, 7) is 2.31. The number of ether oxygens (including phenoxy) is 1. The van der Waals surface area contributed by atoms with Crippen LogP contribution in [0.5, 0.6) is 0 Å². The lowest BCUT2D eigenvalue weighted by atomic mass is 10.2. The molecule has 0 atom stereocenters. The predicted octanol–water partition coefficient (Wildman–Crippen LogP) is 5.21. The molecule has 0 aromatic heterocycles. The fourth-order valence-electron chi connectivity index (χ4n) is 1.94. The zero-order chi connectivity index (χ0) is 18.2. The summed E-state index contributed by atoms with van der Waals surface area (Å²) in [4.78, 5) is 23.7. The van der Waals surface area contributed by atoms with Crippen molar-refractivity contribution in [3.8, 4) is 0 Å². The Labute approximate surface area is 156 Å². The smallest absolute Gasteiger partial charge is 0.338 e. The number of amides is 1. The third kappa shape index (κ3) is 5.93. The molecule has 1 N–H and O–H groups in total. The number of halogens is 2. The SMILES string of the molecule is CCCOC(=O)c1ccc(NC(=O)C=Cc2ccc(Cl)c(Cl)c2)cc1. The molecule has 0 unspecified atom stereocenters. The highest BCUT2D eigenvalue weighted by Gasteiger charge is 2.06. The van der Waals surface area contributed by atoms with Crippen LogP contribution >= 0.6 is 23.2 Å². The van der Waals surface area contributed by atoms with Gasteiger partial charge in [-0.3, -0.25) is 4.79 Å². The quantitative estimate of drug-likeness (QED) is 0.554. The van der Waals surface area contributed by atoms with Crippen LogP contribution in [0.3, 0.4) is 0 Å². The number of carbonyl (C=O) groups is 2. The molecule has 0 saturated carbocycles. The molecule has 0 aliphatic rings. The van der Waals surface area contributed by atoms with Gasteiger partial charge in [-0.25, -0.2) is 4.79 Å². The van der Waals surface area contributed by atoms with Gasteiger partial charge in [0, 0.05) is 11.8 Å². The molecule has 0 heterocycles. The Hall–Kier alpha value is -2.30. The summed E-state index contributed by atoms with van der Waals surface area (Å²) in [7, 11) is 0. The van der Waals surface area contributed by atoms with Gasteiger partial charge in [0.2, 0.25) is 5.91 Å². The Balaban J connectivity index is 1.94. The lowest BCUT2D eigenvalue weighted by Crippen LogP contribution is -2.09. The van der Waals surface area contributed by atoms with Crippen LogP contribution in [0, 0.1) is 0 Å². The zero-order valence-electron chi connectivity index (χ0n) is 13.6. The molecule has 6 heteroatoms. The molecule has 2 rings (SSSR count). The van der Waals surface area contributed by atoms with E-state index in [4.69, 9.17) is 27.9 Å². The topological polar surface area (TPSA) is 55.4 Å². The van der Waals surface area contributed by atoms with Crippen LogP contribution in [0.1, 0.15) is 29.3 Å². The second-order valence-electron chi connectivity index (χ2n) is 5.21. The van der Waals surface area contributed by atoms with Crippen molar-refractivity contribution in [2.45, 2.75) is 13.3 Å². The highest BCUT2D eigenvalue weighted by molar-refractivity contribution is 6.42. The van der Waals surface area contributed by atoms with Gasteiger partial charge in [0.05, 0.1) is 22.2 Å². The first-order chi connectivity index (χ1) is 12.0. The third-order valence-corrected chi connectivity index (χ3v) is 3.94. The van der Waals surface area contributed by atoms with Crippen molar-refractivity contribution >= 4 is 46.8 Å². The summed E-state index contributed by atoms with van der Waals surface area (Å²) < 4.78 is 5.05. The molecule has 0 aliphatic heterocycles. The Bertz CT molecular complexity index is 786. The van der Waals surface area contributed by atoms with Crippen molar-refractivity contribution < 1.29 is 14.3 Å². The van der Waals surface area contributed by atoms with Gasteiger partial charge in [0.25, 0.3) is 0 Å². The van der Waals surface area contributed by atoms with E-state index in [1.165, 1.54) is 6.08 Å². The van der Waals surface area contributed by atoms with Crippen molar-refractivity contribution in [2.75, 3.05) is 11.9 Å². The Morgan fingerprint density at radius 3 is 2.44 bits per heavy atom. The van der Waals surface area contributed by atoms with Crippen molar-refractivity contribution in [3.63, 3.8) is 0 Å². The average Bonchev–Trinajstić information content (AvgIpc) is 2.61. The van der Waals surface area contributed by atoms with E-state index in [1.54, 1.807) is 48.5 Å². The van der Waals surface area contributed by atoms with Crippen LogP contribution in [0.25, 0.3) is 6.08 Å². The van der Waals surface area contributed by atoms with E-state index in [2.05, 4.69) is 5.32 Å². The van der Waals surface area contributed by atoms with Gasteiger partial charge in [-0.1, -0.05) is 36.2 Å². The minimum Gasteiger partial charge on any atom is -0.462 e. The summed E-state index contributed by atoms with van der Waals surface area (Å²) in [6, 6.07) is 11.6. The summed E-state index contributed by atoms with van der Waals surface area (Å²) in [5, 5.41) is 3.60. The zero-order valence-corrected chi connectivity index (χ0v) is 15.1. The van der Waals surface area contributed by atoms with Crippen LogP contribution in [0.2, 0.25) is 10.0 Å². The van der Waals surface area contributed by atoms with E-state index in [1.807, 2.05) is 6.92 Å². The first kappa shape index (κ1) is 19.0. The number of carbonyl (C=O) groups excluding carboxylic acids is 2. The van der Waals surface area contributed by atoms with E-state index >= 15 is 0 Å². The molecule has 2 aromatic carbocycles. The molecular formula is C19H17Cl2NO3. The number of anilines is 1. The number of esters is 1. The van der Waals surface area contributed by atoms with Crippen LogP contribution in [0.4, 0.5) is 5.69 Å². The fraction of sp³-hybridized carbons (Fsp3) is 0.158. The highest BCUT2D eigenvalue weighted by Crippen LogP contribution is 2.23. The van der Waals surface area contributed by atoms with Crippen molar-refractivity contribution in [2.24, 2.45) is 0 Å². The van der Waals surface area contributed by atoms with E-state index in [9.17, 15) is 9.59 Å². The molecule has 2 aromatic rings. The molecule has 1 amide bonds. The maximum absolute atomic E-state index is 11.9. The second-order valence-corrected chi connectivity index (χ2v) is 6.02. The number of benzene rings is 2. The molecule has 130 valence electrons. The average molecular weight is 378 g/mol. The first-order valence-corrected chi connectivity index (χ1v) is 8.46. The number of rotatable bonds is 6. The van der Waals surface area contributed by atoms with Crippen LogP contribution in [-0.2, 0) is 9.53 Å². The Morgan fingerprint density at radius 2 is 1.80 bits per heavy atom. The van der Waals surface area contributed by atoms with Crippen LogP contribution < -0.4 is 5.32 Å². The standard InChI is InChI=1S/C19H17Cl2NO3/c1-2-11-25-19(24)14-5-7-15(8-6-14)22-18(23)10-4-13-3-9-16(20)17(21)12-13/h3-10,12H,2,11H2,1H3,(H,22,23). The normalized spacial score (nSPS) is 10.7. The summed E-state index contributed by atoms with van der Waals surface area (Å²) >= 11 is 11.8. The van der Waals surface area contributed by atoms with Gasteiger partial charge in [-0.15, -0.1) is 0 Å². The van der Waals surface area contributed by atoms with E-state index in [0.717, 1.165) is 12.0 Å². The number of nitrogens with one attached hydrogen (secondary N) is 1.